The number of carbonyl (C=O) groups is 3. The first-order valence-corrected chi connectivity index (χ1v) is 12.6. The van der Waals surface area contributed by atoms with Gasteiger partial charge in [0.15, 0.2) is 0 Å². The van der Waals surface area contributed by atoms with Gasteiger partial charge in [-0.3, -0.25) is 14.4 Å². The Morgan fingerprint density at radius 2 is 1.71 bits per heavy atom. The molecule has 1 heterocycles. The fourth-order valence-corrected chi connectivity index (χ4v) is 4.31. The number of likely N-dealkylation sites (tertiary alicyclic amines) is 1. The van der Waals surface area contributed by atoms with E-state index in [9.17, 15) is 14.4 Å². The van der Waals surface area contributed by atoms with Crippen molar-refractivity contribution in [3.63, 3.8) is 0 Å². The summed E-state index contributed by atoms with van der Waals surface area (Å²) in [5.74, 6) is -1.40. The van der Waals surface area contributed by atoms with E-state index >= 15 is 0 Å². The number of ether oxygens (including phenoxy) is 1. The molecule has 1 aliphatic rings. The Labute approximate surface area is 223 Å². The lowest BCUT2D eigenvalue weighted by molar-refractivity contribution is -0.160. The predicted molar refractivity (Wildman–Crippen MR) is 140 cm³/mol. The Balaban J connectivity index is 1.68. The van der Waals surface area contributed by atoms with Crippen LogP contribution in [0.15, 0.2) is 71.6 Å². The van der Waals surface area contributed by atoms with Crippen LogP contribution in [0.1, 0.15) is 12.5 Å². The molecule has 0 aromatic heterocycles. The van der Waals surface area contributed by atoms with Crippen LogP contribution in [0, 0.1) is 0 Å². The van der Waals surface area contributed by atoms with E-state index in [-0.39, 0.29) is 18.9 Å². The van der Waals surface area contributed by atoms with Crippen molar-refractivity contribution in [1.29, 1.82) is 0 Å². The summed E-state index contributed by atoms with van der Waals surface area (Å²) < 4.78 is 6.40. The van der Waals surface area contributed by atoms with Crippen LogP contribution in [-0.4, -0.2) is 51.7 Å². The maximum atomic E-state index is 12.9. The van der Waals surface area contributed by atoms with Gasteiger partial charge in [-0.1, -0.05) is 83.3 Å². The van der Waals surface area contributed by atoms with Gasteiger partial charge in [-0.2, -0.15) is 0 Å². The van der Waals surface area contributed by atoms with Crippen molar-refractivity contribution >= 4 is 70.2 Å². The number of hydrogen-bond acceptors (Lipinski definition) is 6. The second-order valence-corrected chi connectivity index (χ2v) is 11.0. The van der Waals surface area contributed by atoms with Crippen LogP contribution < -0.4 is 10.0 Å². The van der Waals surface area contributed by atoms with Gasteiger partial charge in [0.25, 0.3) is 0 Å². The van der Waals surface area contributed by atoms with Crippen LogP contribution in [0.25, 0.3) is 0 Å². The molecule has 1 fully saturated rings. The molecule has 2 aromatic rings. The Morgan fingerprint density at radius 3 is 2.34 bits per heavy atom. The number of β-lactam (4-membered cyclic amide) rings is 1. The molecule has 3 rings (SSSR count). The summed E-state index contributed by atoms with van der Waals surface area (Å²) in [6.45, 7) is 1.05. The number of hydrogen-bond donors (Lipinski definition) is 2. The molecule has 0 aliphatic carbocycles. The molecule has 0 radical (unpaired) electrons. The van der Waals surface area contributed by atoms with E-state index in [2.05, 4.69) is 10.0 Å². The quantitative estimate of drug-likeness (QED) is 0.194. The van der Waals surface area contributed by atoms with E-state index in [1.54, 1.807) is 0 Å². The SMILES string of the molecule is CC(=CSNc1ccccc1)C1C(NC(=O)Cc2ccccc2)C(=O)N1CC(=O)OCC(Cl)(Cl)Cl. The van der Waals surface area contributed by atoms with Crippen LogP contribution in [0.2, 0.25) is 0 Å². The molecule has 1 saturated heterocycles. The Morgan fingerprint density at radius 1 is 1.09 bits per heavy atom. The number of para-hydroxylation sites is 1. The molecule has 2 N–H and O–H groups in total. The molecule has 2 aromatic carbocycles. The number of anilines is 1. The molecule has 0 spiro atoms. The second kappa shape index (κ2) is 12.5. The molecule has 0 bridgehead atoms. The van der Waals surface area contributed by atoms with Gasteiger partial charge in [-0.15, -0.1) is 0 Å². The van der Waals surface area contributed by atoms with Crippen molar-refractivity contribution in [2.75, 3.05) is 17.9 Å². The van der Waals surface area contributed by atoms with Gasteiger partial charge < -0.3 is 19.7 Å². The molecular weight excluding hydrogens is 533 g/mol. The summed E-state index contributed by atoms with van der Waals surface area (Å²) >= 11 is 18.2. The third kappa shape index (κ3) is 8.35. The minimum absolute atomic E-state index is 0.135. The first-order chi connectivity index (χ1) is 16.6. The van der Waals surface area contributed by atoms with E-state index in [0.717, 1.165) is 16.8 Å². The number of nitrogens with zero attached hydrogens (tertiary/aromatic N) is 1. The lowest BCUT2D eigenvalue weighted by atomic mass is 9.89. The van der Waals surface area contributed by atoms with E-state index in [1.807, 2.05) is 73.0 Å². The van der Waals surface area contributed by atoms with Gasteiger partial charge in [0.05, 0.1) is 12.5 Å². The Hall–Kier alpha value is -2.39. The zero-order chi connectivity index (χ0) is 25.4. The number of halogens is 3. The lowest BCUT2D eigenvalue weighted by Crippen LogP contribution is -2.71. The van der Waals surface area contributed by atoms with Gasteiger partial charge in [0, 0.05) is 5.69 Å². The van der Waals surface area contributed by atoms with E-state index < -0.39 is 34.4 Å². The molecule has 2 atom stereocenters. The lowest BCUT2D eigenvalue weighted by Gasteiger charge is -2.47. The number of rotatable bonds is 10. The van der Waals surface area contributed by atoms with Crippen LogP contribution in [-0.2, 0) is 25.5 Å². The Bertz CT molecular complexity index is 1060. The summed E-state index contributed by atoms with van der Waals surface area (Å²) in [5, 5.41) is 4.63. The molecule has 11 heteroatoms. The highest BCUT2D eigenvalue weighted by atomic mass is 35.6. The van der Waals surface area contributed by atoms with Crippen molar-refractivity contribution in [3.8, 4) is 0 Å². The predicted octanol–water partition coefficient (Wildman–Crippen LogP) is 4.50. The number of carbonyl (C=O) groups excluding carboxylic acids is 3. The summed E-state index contributed by atoms with van der Waals surface area (Å²) in [6, 6.07) is 17.5. The summed E-state index contributed by atoms with van der Waals surface area (Å²) in [6.07, 6.45) is 0.135. The molecule has 2 unspecified atom stereocenters. The van der Waals surface area contributed by atoms with Crippen molar-refractivity contribution in [2.45, 2.75) is 29.2 Å². The van der Waals surface area contributed by atoms with Crippen molar-refractivity contribution < 1.29 is 19.1 Å². The number of benzene rings is 2. The highest BCUT2D eigenvalue weighted by molar-refractivity contribution is 8.03. The van der Waals surface area contributed by atoms with Crippen LogP contribution in [0.4, 0.5) is 5.69 Å². The molecule has 186 valence electrons. The van der Waals surface area contributed by atoms with E-state index in [0.29, 0.717) is 0 Å². The van der Waals surface area contributed by atoms with E-state index in [4.69, 9.17) is 39.5 Å². The summed E-state index contributed by atoms with van der Waals surface area (Å²) in [7, 11) is 0. The standard InChI is InChI=1S/C24H24Cl3N3O4S/c1-16(14-35-29-18-10-6-3-7-11-18)22-21(28-19(31)12-17-8-4-2-5-9-17)23(33)30(22)13-20(32)34-15-24(25,26)27/h2-11,14,21-22,29H,12-13,15H2,1H3,(H,28,31). The highest BCUT2D eigenvalue weighted by Crippen LogP contribution is 2.29. The summed E-state index contributed by atoms with van der Waals surface area (Å²) in [5.41, 5.74) is 2.51. The van der Waals surface area contributed by atoms with Gasteiger partial charge in [0.1, 0.15) is 19.2 Å². The van der Waals surface area contributed by atoms with Crippen LogP contribution >= 0.6 is 46.8 Å². The molecule has 7 nitrogen and oxygen atoms in total. The first kappa shape index (κ1) is 27.2. The topological polar surface area (TPSA) is 87.7 Å². The maximum absolute atomic E-state index is 12.9. The van der Waals surface area contributed by atoms with Crippen molar-refractivity contribution in [2.24, 2.45) is 0 Å². The monoisotopic (exact) mass is 555 g/mol. The third-order valence-corrected chi connectivity index (χ3v) is 6.25. The molecule has 2 amide bonds. The fraction of sp³-hybridized carbons (Fsp3) is 0.292. The smallest absolute Gasteiger partial charge is 0.325 e. The Kier molecular flexibility index (Phi) is 9.74. The molecule has 35 heavy (non-hydrogen) atoms. The number of esters is 1. The minimum atomic E-state index is -1.75. The van der Waals surface area contributed by atoms with E-state index in [1.165, 1.54) is 16.8 Å². The largest absolute Gasteiger partial charge is 0.460 e. The van der Waals surface area contributed by atoms with Crippen molar-refractivity contribution in [1.82, 2.24) is 10.2 Å². The summed E-state index contributed by atoms with van der Waals surface area (Å²) in [4.78, 5) is 39.1. The van der Waals surface area contributed by atoms with Gasteiger partial charge >= 0.3 is 5.97 Å². The highest BCUT2D eigenvalue weighted by Gasteiger charge is 2.49. The average molecular weight is 557 g/mol. The maximum Gasteiger partial charge on any atom is 0.325 e. The zero-order valence-electron chi connectivity index (χ0n) is 18.7. The second-order valence-electron chi connectivity index (χ2n) is 7.84. The average Bonchev–Trinajstić information content (AvgIpc) is 2.82. The molecule has 0 saturated carbocycles. The fourth-order valence-electron chi connectivity index (χ4n) is 3.49. The number of nitrogens with one attached hydrogen (secondary N) is 2. The normalized spacial score (nSPS) is 18.0. The zero-order valence-corrected chi connectivity index (χ0v) is 21.8. The van der Waals surface area contributed by atoms with Crippen molar-refractivity contribution in [3.05, 3.63) is 77.2 Å². The van der Waals surface area contributed by atoms with Gasteiger partial charge in [-0.25, -0.2) is 0 Å². The van der Waals surface area contributed by atoms with Gasteiger partial charge in [-0.05, 0) is 47.5 Å². The van der Waals surface area contributed by atoms with Gasteiger partial charge in [0.2, 0.25) is 15.6 Å². The molecule has 1 aliphatic heterocycles. The first-order valence-electron chi connectivity index (χ1n) is 10.6. The number of alkyl halides is 3. The van der Waals surface area contributed by atoms with Crippen LogP contribution in [0.3, 0.4) is 0 Å². The number of amides is 2. The third-order valence-electron chi connectivity index (χ3n) is 5.08. The molecular formula is C24H24Cl3N3O4S. The van der Waals surface area contributed by atoms with Crippen LogP contribution in [0.5, 0.6) is 0 Å². The minimum Gasteiger partial charge on any atom is -0.460 e.